The minimum atomic E-state index is -0.255. The average molecular weight is 436 g/mol. The summed E-state index contributed by atoms with van der Waals surface area (Å²) in [6.45, 7) is 6.85. The number of anilines is 2. The number of pyridine rings is 2. The van der Waals surface area contributed by atoms with Crippen molar-refractivity contribution in [3.05, 3.63) is 52.7 Å². The summed E-state index contributed by atoms with van der Waals surface area (Å²) in [6.07, 6.45) is 1.67. The molecule has 0 bridgehead atoms. The van der Waals surface area contributed by atoms with Crippen molar-refractivity contribution in [2.45, 2.75) is 13.8 Å². The van der Waals surface area contributed by atoms with Crippen molar-refractivity contribution in [1.82, 2.24) is 15.1 Å². The Bertz CT molecular complexity index is 1240. The van der Waals surface area contributed by atoms with Crippen LogP contribution in [0.3, 0.4) is 0 Å². The van der Waals surface area contributed by atoms with Gasteiger partial charge in [0.25, 0.3) is 11.6 Å². The maximum Gasteiger partial charge on any atom is 0.259 e. The first-order valence-corrected chi connectivity index (χ1v) is 10.8. The van der Waals surface area contributed by atoms with E-state index in [0.717, 1.165) is 23.8 Å². The average Bonchev–Trinajstić information content (AvgIpc) is 3.40. The van der Waals surface area contributed by atoms with Crippen LogP contribution in [-0.4, -0.2) is 47.3 Å². The zero-order valence-corrected chi connectivity index (χ0v) is 18.0. The van der Waals surface area contributed by atoms with Gasteiger partial charge in [0.05, 0.1) is 52.3 Å². The Morgan fingerprint density at radius 1 is 1.16 bits per heavy atom. The zero-order chi connectivity index (χ0) is 21.4. The first-order valence-electron chi connectivity index (χ1n) is 10.0. The molecule has 4 aromatic heterocycles. The number of aromatic nitrogens is 3. The fraction of sp³-hybridized carbons (Fsp3) is 0.273. The van der Waals surface area contributed by atoms with E-state index in [4.69, 9.17) is 9.26 Å². The van der Waals surface area contributed by atoms with Crippen LogP contribution in [0.4, 0.5) is 11.5 Å². The van der Waals surface area contributed by atoms with Gasteiger partial charge in [0.15, 0.2) is 0 Å². The number of thiophene rings is 1. The highest BCUT2D eigenvalue weighted by atomic mass is 32.1. The largest absolute Gasteiger partial charge is 0.378 e. The Morgan fingerprint density at radius 2 is 2.00 bits per heavy atom. The topological polar surface area (TPSA) is 93.4 Å². The van der Waals surface area contributed by atoms with Gasteiger partial charge in [-0.2, -0.15) is 0 Å². The lowest BCUT2D eigenvalue weighted by Crippen LogP contribution is -2.36. The number of carbonyl (C=O) groups is 1. The first kappa shape index (κ1) is 19.7. The molecular formula is C22H21N5O3S. The molecule has 0 aliphatic carbocycles. The normalized spacial score (nSPS) is 14.2. The van der Waals surface area contributed by atoms with Gasteiger partial charge in [0.2, 0.25) is 0 Å². The molecule has 0 aromatic carbocycles. The Kier molecular flexibility index (Phi) is 5.13. The van der Waals surface area contributed by atoms with E-state index in [9.17, 15) is 4.79 Å². The van der Waals surface area contributed by atoms with Gasteiger partial charge in [-0.15, -0.1) is 11.3 Å². The number of hydrogen-bond acceptors (Lipinski definition) is 8. The molecule has 5 rings (SSSR count). The molecule has 4 aromatic rings. The van der Waals surface area contributed by atoms with E-state index in [0.29, 0.717) is 47.0 Å². The second kappa shape index (κ2) is 8.09. The van der Waals surface area contributed by atoms with Gasteiger partial charge in [-0.25, -0.2) is 9.97 Å². The molecular weight excluding hydrogens is 414 g/mol. The van der Waals surface area contributed by atoms with Crippen LogP contribution in [0.2, 0.25) is 0 Å². The molecule has 0 atom stereocenters. The van der Waals surface area contributed by atoms with Crippen molar-refractivity contribution in [2.24, 2.45) is 0 Å². The SMILES string of the molecule is Cc1ccc(-c2cc(C(=O)Nc3ccc(N4CCOCC4)nc3)c3c(C)noc3n2)s1. The predicted molar refractivity (Wildman–Crippen MR) is 120 cm³/mol. The van der Waals surface area contributed by atoms with Crippen LogP contribution in [0.5, 0.6) is 0 Å². The summed E-state index contributed by atoms with van der Waals surface area (Å²) < 4.78 is 10.8. The van der Waals surface area contributed by atoms with Gasteiger partial charge >= 0.3 is 0 Å². The highest BCUT2D eigenvalue weighted by Crippen LogP contribution is 2.31. The van der Waals surface area contributed by atoms with Crippen molar-refractivity contribution in [3.8, 4) is 10.6 Å². The molecule has 1 amide bonds. The van der Waals surface area contributed by atoms with Gasteiger partial charge in [-0.1, -0.05) is 5.16 Å². The molecule has 0 saturated carbocycles. The van der Waals surface area contributed by atoms with Gasteiger partial charge in [0, 0.05) is 18.0 Å². The van der Waals surface area contributed by atoms with Gasteiger partial charge in [0.1, 0.15) is 5.82 Å². The number of aryl methyl sites for hydroxylation is 2. The molecule has 0 unspecified atom stereocenters. The minimum absolute atomic E-state index is 0.255. The maximum absolute atomic E-state index is 13.2. The summed E-state index contributed by atoms with van der Waals surface area (Å²) >= 11 is 1.62. The summed E-state index contributed by atoms with van der Waals surface area (Å²) in [7, 11) is 0. The molecule has 1 saturated heterocycles. The minimum Gasteiger partial charge on any atom is -0.378 e. The lowest BCUT2D eigenvalue weighted by molar-refractivity contribution is 0.102. The molecule has 1 aliphatic rings. The van der Waals surface area contributed by atoms with Crippen LogP contribution in [0, 0.1) is 13.8 Å². The molecule has 0 spiro atoms. The molecule has 31 heavy (non-hydrogen) atoms. The number of ether oxygens (including phenoxy) is 1. The van der Waals surface area contributed by atoms with E-state index < -0.39 is 0 Å². The smallest absolute Gasteiger partial charge is 0.259 e. The second-order valence-corrected chi connectivity index (χ2v) is 8.66. The fourth-order valence-corrected chi connectivity index (χ4v) is 4.44. The molecule has 1 N–H and O–H groups in total. The second-order valence-electron chi connectivity index (χ2n) is 7.37. The summed E-state index contributed by atoms with van der Waals surface area (Å²) in [6, 6.07) is 9.58. The molecule has 0 radical (unpaired) electrons. The van der Waals surface area contributed by atoms with Gasteiger partial charge < -0.3 is 19.5 Å². The van der Waals surface area contributed by atoms with Gasteiger partial charge in [-0.05, 0) is 44.2 Å². The van der Waals surface area contributed by atoms with E-state index in [1.807, 2.05) is 31.2 Å². The number of amides is 1. The van der Waals surface area contributed by atoms with Crippen molar-refractivity contribution < 1.29 is 14.1 Å². The number of morpholine rings is 1. The molecule has 1 aliphatic heterocycles. The van der Waals surface area contributed by atoms with E-state index in [1.165, 1.54) is 4.88 Å². The standard InChI is InChI=1S/C22H21N5O3S/c1-13-3-5-18(31-13)17-11-16(20-14(2)26-30-22(20)25-17)21(28)24-15-4-6-19(23-12-15)27-7-9-29-10-8-27/h3-6,11-12H,7-10H2,1-2H3,(H,24,28). The lowest BCUT2D eigenvalue weighted by atomic mass is 10.1. The van der Waals surface area contributed by atoms with Gasteiger partial charge in [-0.3, -0.25) is 4.79 Å². The van der Waals surface area contributed by atoms with Crippen LogP contribution < -0.4 is 10.2 Å². The highest BCUT2D eigenvalue weighted by molar-refractivity contribution is 7.15. The van der Waals surface area contributed by atoms with Crippen molar-refractivity contribution >= 4 is 39.8 Å². The monoisotopic (exact) mass is 435 g/mol. The molecule has 9 heteroatoms. The third-order valence-electron chi connectivity index (χ3n) is 5.20. The van der Waals surface area contributed by atoms with Crippen LogP contribution in [-0.2, 0) is 4.74 Å². The van der Waals surface area contributed by atoms with Crippen molar-refractivity contribution in [1.29, 1.82) is 0 Å². The molecule has 158 valence electrons. The lowest BCUT2D eigenvalue weighted by Gasteiger charge is -2.27. The van der Waals surface area contributed by atoms with Crippen LogP contribution >= 0.6 is 11.3 Å². The third-order valence-corrected chi connectivity index (χ3v) is 6.22. The van der Waals surface area contributed by atoms with E-state index >= 15 is 0 Å². The van der Waals surface area contributed by atoms with Crippen molar-refractivity contribution in [2.75, 3.05) is 36.5 Å². The molecule has 1 fully saturated rings. The number of fused-ring (bicyclic) bond motifs is 1. The first-order chi connectivity index (χ1) is 15.1. The fourth-order valence-electron chi connectivity index (χ4n) is 3.61. The summed E-state index contributed by atoms with van der Waals surface area (Å²) in [5.74, 6) is 0.618. The summed E-state index contributed by atoms with van der Waals surface area (Å²) in [5.41, 5.74) is 2.76. The number of hydrogen-bond donors (Lipinski definition) is 1. The van der Waals surface area contributed by atoms with Crippen LogP contribution in [0.15, 0.2) is 41.1 Å². The Labute approximate surface area is 182 Å². The third kappa shape index (κ3) is 3.89. The predicted octanol–water partition coefficient (Wildman–Crippen LogP) is 4.05. The number of nitrogens with zero attached hydrogens (tertiary/aromatic N) is 4. The molecule has 8 nitrogen and oxygen atoms in total. The van der Waals surface area contributed by atoms with Crippen molar-refractivity contribution in [3.63, 3.8) is 0 Å². The molecule has 5 heterocycles. The number of nitrogens with one attached hydrogen (secondary N) is 1. The summed E-state index contributed by atoms with van der Waals surface area (Å²) in [4.78, 5) is 26.6. The van der Waals surface area contributed by atoms with E-state index in [1.54, 1.807) is 30.5 Å². The number of carbonyl (C=O) groups excluding carboxylic acids is 1. The maximum atomic E-state index is 13.2. The summed E-state index contributed by atoms with van der Waals surface area (Å²) in [5, 5.41) is 7.57. The Balaban J connectivity index is 1.44. The zero-order valence-electron chi connectivity index (χ0n) is 17.2. The van der Waals surface area contributed by atoms with E-state index in [2.05, 4.69) is 25.3 Å². The number of rotatable bonds is 4. The quantitative estimate of drug-likeness (QED) is 0.517. The van der Waals surface area contributed by atoms with Crippen LogP contribution in [0.1, 0.15) is 20.9 Å². The Hall–Kier alpha value is -3.30. The van der Waals surface area contributed by atoms with E-state index in [-0.39, 0.29) is 5.91 Å². The van der Waals surface area contributed by atoms with Crippen LogP contribution in [0.25, 0.3) is 21.7 Å². The highest BCUT2D eigenvalue weighted by Gasteiger charge is 2.20. The Morgan fingerprint density at radius 3 is 2.71 bits per heavy atom.